The Morgan fingerprint density at radius 1 is 1.28 bits per heavy atom. The largest absolute Gasteiger partial charge is 0.475 e. The third-order valence-electron chi connectivity index (χ3n) is 3.81. The van der Waals surface area contributed by atoms with Gasteiger partial charge in [0.1, 0.15) is 11.6 Å². The van der Waals surface area contributed by atoms with E-state index in [-0.39, 0.29) is 0 Å². The fourth-order valence-corrected chi connectivity index (χ4v) is 3.17. The van der Waals surface area contributed by atoms with Gasteiger partial charge in [-0.1, -0.05) is 25.4 Å². The Morgan fingerprint density at radius 3 is 2.80 bits per heavy atom. The van der Waals surface area contributed by atoms with Crippen molar-refractivity contribution < 1.29 is 4.74 Å². The minimum atomic E-state index is -0.426. The molecule has 0 spiro atoms. The van der Waals surface area contributed by atoms with Crippen LogP contribution < -0.4 is 10.5 Å². The van der Waals surface area contributed by atoms with Crippen LogP contribution in [0.2, 0.25) is 5.02 Å². The summed E-state index contributed by atoms with van der Waals surface area (Å²) in [7, 11) is 0. The summed E-state index contributed by atoms with van der Waals surface area (Å²) < 4.78 is 7.51. The van der Waals surface area contributed by atoms with Gasteiger partial charge in [-0.3, -0.25) is 0 Å². The Labute approximate surface area is 152 Å². The predicted octanol–water partition coefficient (Wildman–Crippen LogP) is 3.59. The summed E-state index contributed by atoms with van der Waals surface area (Å²) in [5.41, 5.74) is 8.31. The van der Waals surface area contributed by atoms with E-state index in [1.165, 1.54) is 0 Å². The molecular weight excluding hydrogens is 338 g/mol. The van der Waals surface area contributed by atoms with Crippen LogP contribution in [0.5, 0.6) is 5.88 Å². The summed E-state index contributed by atoms with van der Waals surface area (Å²) in [6.45, 7) is 6.60. The first-order valence-electron chi connectivity index (χ1n) is 8.22. The van der Waals surface area contributed by atoms with Gasteiger partial charge in [-0.05, 0) is 31.4 Å². The predicted molar refractivity (Wildman–Crippen MR) is 98.8 cm³/mol. The fourth-order valence-electron chi connectivity index (χ4n) is 2.95. The third kappa shape index (κ3) is 4.08. The van der Waals surface area contributed by atoms with E-state index >= 15 is 0 Å². The first-order valence-corrected chi connectivity index (χ1v) is 8.60. The summed E-state index contributed by atoms with van der Waals surface area (Å²) in [6, 6.07) is 5.52. The average molecular weight is 360 g/mol. The Balaban J connectivity index is 1.81. The van der Waals surface area contributed by atoms with E-state index in [0.29, 0.717) is 23.4 Å². The third-order valence-corrected chi connectivity index (χ3v) is 4.08. The number of rotatable bonds is 6. The molecule has 0 aliphatic heterocycles. The van der Waals surface area contributed by atoms with Gasteiger partial charge in [-0.25, -0.2) is 14.5 Å². The van der Waals surface area contributed by atoms with Crippen molar-refractivity contribution in [3.8, 4) is 17.1 Å². The molecule has 0 aliphatic rings. The van der Waals surface area contributed by atoms with E-state index < -0.39 is 5.54 Å². The van der Waals surface area contributed by atoms with Crippen LogP contribution in [-0.4, -0.2) is 31.7 Å². The minimum Gasteiger partial charge on any atom is -0.475 e. The molecule has 2 N–H and O–H groups in total. The van der Waals surface area contributed by atoms with Crippen molar-refractivity contribution in [2.24, 2.45) is 11.7 Å². The normalized spacial score (nSPS) is 14.0. The molecule has 0 bridgehead atoms. The molecule has 0 aromatic carbocycles. The SMILES string of the molecule is CC(C)C[C@@](C)(N)COc1ncc(-c2ccnc3ccnn23)cc1Cl. The lowest BCUT2D eigenvalue weighted by atomic mass is 9.93. The highest BCUT2D eigenvalue weighted by Gasteiger charge is 2.22. The van der Waals surface area contributed by atoms with Crippen molar-refractivity contribution in [3.63, 3.8) is 0 Å². The summed E-state index contributed by atoms with van der Waals surface area (Å²) in [6.07, 6.45) is 6.01. The maximum absolute atomic E-state index is 6.37. The van der Waals surface area contributed by atoms with E-state index in [1.54, 1.807) is 23.1 Å². The first-order chi connectivity index (χ1) is 11.9. The van der Waals surface area contributed by atoms with E-state index in [4.69, 9.17) is 22.1 Å². The fraction of sp³-hybridized carbons (Fsp3) is 0.389. The summed E-state index contributed by atoms with van der Waals surface area (Å²) in [5, 5.41) is 4.72. The molecule has 3 rings (SSSR count). The van der Waals surface area contributed by atoms with Crippen LogP contribution >= 0.6 is 11.6 Å². The Bertz CT molecular complexity index is 875. The molecule has 1 atom stereocenters. The Morgan fingerprint density at radius 2 is 2.08 bits per heavy atom. The lowest BCUT2D eigenvalue weighted by molar-refractivity contribution is 0.201. The van der Waals surface area contributed by atoms with Gasteiger partial charge in [0, 0.05) is 29.6 Å². The molecule has 0 unspecified atom stereocenters. The van der Waals surface area contributed by atoms with E-state index in [1.807, 2.05) is 25.1 Å². The van der Waals surface area contributed by atoms with Crippen LogP contribution in [0.25, 0.3) is 16.9 Å². The highest BCUT2D eigenvalue weighted by atomic mass is 35.5. The second-order valence-corrected chi connectivity index (χ2v) is 7.39. The smallest absolute Gasteiger partial charge is 0.232 e. The van der Waals surface area contributed by atoms with Gasteiger partial charge >= 0.3 is 0 Å². The zero-order chi connectivity index (χ0) is 18.0. The van der Waals surface area contributed by atoms with E-state index in [9.17, 15) is 0 Å². The maximum Gasteiger partial charge on any atom is 0.232 e. The lowest BCUT2D eigenvalue weighted by Gasteiger charge is -2.26. The van der Waals surface area contributed by atoms with Gasteiger partial charge in [0.2, 0.25) is 5.88 Å². The van der Waals surface area contributed by atoms with Gasteiger partial charge in [-0.2, -0.15) is 5.10 Å². The van der Waals surface area contributed by atoms with Gasteiger partial charge in [0.15, 0.2) is 5.65 Å². The highest BCUT2D eigenvalue weighted by molar-refractivity contribution is 6.32. The maximum atomic E-state index is 6.37. The molecule has 0 radical (unpaired) electrons. The Kier molecular flexibility index (Phi) is 4.92. The number of nitrogens with two attached hydrogens (primary N) is 1. The second-order valence-electron chi connectivity index (χ2n) is 6.98. The Hall–Kier alpha value is -2.18. The monoisotopic (exact) mass is 359 g/mol. The van der Waals surface area contributed by atoms with Gasteiger partial charge in [0.25, 0.3) is 0 Å². The van der Waals surface area contributed by atoms with Crippen molar-refractivity contribution in [2.45, 2.75) is 32.7 Å². The number of nitrogens with zero attached hydrogens (tertiary/aromatic N) is 4. The number of hydrogen-bond acceptors (Lipinski definition) is 5. The molecule has 0 saturated carbocycles. The quantitative estimate of drug-likeness (QED) is 0.727. The molecule has 3 aromatic heterocycles. The van der Waals surface area contributed by atoms with Crippen LogP contribution in [0.4, 0.5) is 0 Å². The molecule has 3 heterocycles. The first kappa shape index (κ1) is 17.6. The number of aromatic nitrogens is 4. The molecule has 0 aliphatic carbocycles. The van der Waals surface area contributed by atoms with Gasteiger partial charge in [0.05, 0.1) is 11.9 Å². The minimum absolute atomic E-state index is 0.357. The van der Waals surface area contributed by atoms with Crippen LogP contribution in [0.15, 0.2) is 36.8 Å². The number of hydrogen-bond donors (Lipinski definition) is 1. The number of halogens is 1. The number of fused-ring (bicyclic) bond motifs is 1. The van der Waals surface area contributed by atoms with Gasteiger partial charge in [-0.15, -0.1) is 0 Å². The molecule has 0 saturated heterocycles. The van der Waals surface area contributed by atoms with Crippen LogP contribution in [-0.2, 0) is 0 Å². The summed E-state index contributed by atoms with van der Waals surface area (Å²) >= 11 is 6.37. The molecular formula is C18H22ClN5O. The summed E-state index contributed by atoms with van der Waals surface area (Å²) in [4.78, 5) is 8.61. The molecule has 25 heavy (non-hydrogen) atoms. The van der Waals surface area contributed by atoms with Crippen molar-refractivity contribution in [1.82, 2.24) is 19.6 Å². The van der Waals surface area contributed by atoms with Crippen molar-refractivity contribution in [2.75, 3.05) is 6.61 Å². The van der Waals surface area contributed by atoms with Crippen LogP contribution in [0.1, 0.15) is 27.2 Å². The van der Waals surface area contributed by atoms with Crippen molar-refractivity contribution in [1.29, 1.82) is 0 Å². The van der Waals surface area contributed by atoms with Crippen molar-refractivity contribution >= 4 is 17.2 Å². The van der Waals surface area contributed by atoms with Crippen molar-refractivity contribution in [3.05, 3.63) is 41.8 Å². The molecule has 132 valence electrons. The van der Waals surface area contributed by atoms with Gasteiger partial charge < -0.3 is 10.5 Å². The molecule has 0 amide bonds. The highest BCUT2D eigenvalue weighted by Crippen LogP contribution is 2.28. The second kappa shape index (κ2) is 6.98. The zero-order valence-electron chi connectivity index (χ0n) is 14.6. The van der Waals surface area contributed by atoms with E-state index in [2.05, 4.69) is 28.9 Å². The van der Waals surface area contributed by atoms with Crippen LogP contribution in [0.3, 0.4) is 0 Å². The molecule has 7 heteroatoms. The lowest BCUT2D eigenvalue weighted by Crippen LogP contribution is -2.43. The van der Waals surface area contributed by atoms with Crippen LogP contribution in [0, 0.1) is 5.92 Å². The molecule has 0 fully saturated rings. The zero-order valence-corrected chi connectivity index (χ0v) is 15.4. The number of ether oxygens (including phenoxy) is 1. The molecule has 3 aromatic rings. The topological polar surface area (TPSA) is 78.3 Å². The summed E-state index contributed by atoms with van der Waals surface area (Å²) in [5.74, 6) is 0.879. The van der Waals surface area contributed by atoms with E-state index in [0.717, 1.165) is 23.3 Å². The standard InChI is InChI=1S/C18H22ClN5O/c1-12(2)9-18(3,20)11-25-17-14(19)8-13(10-22-17)15-4-6-21-16-5-7-23-24(15)16/h4-8,10,12H,9,11,20H2,1-3H3/t18-/m1/s1. The number of pyridine rings is 1. The average Bonchev–Trinajstić information content (AvgIpc) is 3.01. The molecule has 6 nitrogen and oxygen atoms in total.